The molecule has 6 heteroatoms. The van der Waals surface area contributed by atoms with E-state index in [1.165, 1.54) is 12.1 Å². The van der Waals surface area contributed by atoms with E-state index in [9.17, 15) is 14.9 Å². The predicted molar refractivity (Wildman–Crippen MR) is 84.7 cm³/mol. The number of Topliss-reactive ketones (excluding diaryl/α,β-unsaturated/α-hetero) is 1. The van der Waals surface area contributed by atoms with Crippen LogP contribution in [-0.4, -0.2) is 16.7 Å². The summed E-state index contributed by atoms with van der Waals surface area (Å²) in [5.74, 6) is -0.0409. The van der Waals surface area contributed by atoms with E-state index in [0.29, 0.717) is 11.3 Å². The lowest BCUT2D eigenvalue weighted by Gasteiger charge is -2.14. The summed E-state index contributed by atoms with van der Waals surface area (Å²) in [6.07, 6.45) is 0. The highest BCUT2D eigenvalue weighted by Gasteiger charge is 2.15. The molecule has 0 radical (unpaired) electrons. The van der Waals surface area contributed by atoms with Crippen molar-refractivity contribution < 1.29 is 9.72 Å². The smallest absolute Gasteiger partial charge is 0.269 e. The normalized spacial score (nSPS) is 11.7. The standard InChI is InChI=1S/C15H13BrN2O3/c1-10(15(19)11-2-4-12(16)5-3-11)17-13-6-8-14(9-7-13)18(20)21/h2-10,17H,1H3. The van der Waals surface area contributed by atoms with Crippen molar-refractivity contribution in [3.05, 3.63) is 68.7 Å². The molecule has 2 aromatic rings. The van der Waals surface area contributed by atoms with Gasteiger partial charge in [-0.3, -0.25) is 14.9 Å². The zero-order valence-electron chi connectivity index (χ0n) is 11.2. The summed E-state index contributed by atoms with van der Waals surface area (Å²) in [5, 5.41) is 13.6. The van der Waals surface area contributed by atoms with Crippen LogP contribution in [0.15, 0.2) is 53.0 Å². The number of benzene rings is 2. The molecule has 1 N–H and O–H groups in total. The molecule has 0 spiro atoms. The Kier molecular flexibility index (Phi) is 4.70. The molecular formula is C15H13BrN2O3. The highest BCUT2D eigenvalue weighted by molar-refractivity contribution is 9.10. The molecule has 0 bridgehead atoms. The molecule has 0 saturated carbocycles. The maximum atomic E-state index is 12.2. The van der Waals surface area contributed by atoms with Crippen LogP contribution in [0.2, 0.25) is 0 Å². The molecule has 0 heterocycles. The van der Waals surface area contributed by atoms with E-state index in [1.54, 1.807) is 31.2 Å². The van der Waals surface area contributed by atoms with Crippen molar-refractivity contribution in [2.45, 2.75) is 13.0 Å². The average molecular weight is 349 g/mol. The van der Waals surface area contributed by atoms with Crippen LogP contribution in [0.4, 0.5) is 11.4 Å². The molecule has 0 saturated heterocycles. The number of nitro groups is 1. The minimum atomic E-state index is -0.458. The van der Waals surface area contributed by atoms with Crippen LogP contribution < -0.4 is 5.32 Å². The first kappa shape index (κ1) is 15.2. The third kappa shape index (κ3) is 3.88. The third-order valence-corrected chi connectivity index (χ3v) is 3.51. The van der Waals surface area contributed by atoms with Crippen LogP contribution in [0.5, 0.6) is 0 Å². The maximum Gasteiger partial charge on any atom is 0.269 e. The van der Waals surface area contributed by atoms with E-state index >= 15 is 0 Å². The molecule has 2 aromatic carbocycles. The number of non-ortho nitro benzene ring substituents is 1. The number of nitrogens with zero attached hydrogens (tertiary/aromatic N) is 1. The van der Waals surface area contributed by atoms with E-state index in [1.807, 2.05) is 12.1 Å². The predicted octanol–water partition coefficient (Wildman–Crippen LogP) is 4.04. The van der Waals surface area contributed by atoms with E-state index in [-0.39, 0.29) is 11.5 Å². The van der Waals surface area contributed by atoms with Crippen molar-refractivity contribution in [2.75, 3.05) is 5.32 Å². The van der Waals surface area contributed by atoms with Gasteiger partial charge in [0.15, 0.2) is 5.78 Å². The fraction of sp³-hybridized carbons (Fsp3) is 0.133. The Bertz CT molecular complexity index is 654. The van der Waals surface area contributed by atoms with Gasteiger partial charge in [-0.05, 0) is 31.2 Å². The zero-order chi connectivity index (χ0) is 15.4. The molecule has 0 fully saturated rings. The number of nitrogens with one attached hydrogen (secondary N) is 1. The van der Waals surface area contributed by atoms with Crippen molar-refractivity contribution in [3.8, 4) is 0 Å². The van der Waals surface area contributed by atoms with Crippen LogP contribution in [0.25, 0.3) is 0 Å². The Morgan fingerprint density at radius 2 is 1.71 bits per heavy atom. The first-order valence-electron chi connectivity index (χ1n) is 6.28. The second-order valence-electron chi connectivity index (χ2n) is 4.54. The van der Waals surface area contributed by atoms with E-state index in [0.717, 1.165) is 4.47 Å². The lowest BCUT2D eigenvalue weighted by atomic mass is 10.1. The Morgan fingerprint density at radius 3 is 2.24 bits per heavy atom. The number of halogens is 1. The number of carbonyl (C=O) groups excluding carboxylic acids is 1. The van der Waals surface area contributed by atoms with Gasteiger partial charge in [0, 0.05) is 27.9 Å². The molecule has 0 aromatic heterocycles. The molecule has 1 atom stereocenters. The van der Waals surface area contributed by atoms with Crippen molar-refractivity contribution in [1.29, 1.82) is 0 Å². The largest absolute Gasteiger partial charge is 0.375 e. The van der Waals surface area contributed by atoms with Gasteiger partial charge in [0.05, 0.1) is 11.0 Å². The highest BCUT2D eigenvalue weighted by Crippen LogP contribution is 2.18. The number of hydrogen-bond acceptors (Lipinski definition) is 4. The lowest BCUT2D eigenvalue weighted by Crippen LogP contribution is -2.26. The topological polar surface area (TPSA) is 72.2 Å². The third-order valence-electron chi connectivity index (χ3n) is 2.98. The molecule has 2 rings (SSSR count). The van der Waals surface area contributed by atoms with Gasteiger partial charge in [-0.1, -0.05) is 28.1 Å². The van der Waals surface area contributed by atoms with Crippen LogP contribution in [0, 0.1) is 10.1 Å². The Morgan fingerprint density at radius 1 is 1.14 bits per heavy atom. The molecular weight excluding hydrogens is 336 g/mol. The van der Waals surface area contributed by atoms with Gasteiger partial charge < -0.3 is 5.32 Å². The summed E-state index contributed by atoms with van der Waals surface area (Å²) in [5.41, 5.74) is 1.30. The number of ketones is 1. The number of carbonyl (C=O) groups is 1. The van der Waals surface area contributed by atoms with Gasteiger partial charge in [-0.25, -0.2) is 0 Å². The quantitative estimate of drug-likeness (QED) is 0.502. The number of rotatable bonds is 5. The minimum Gasteiger partial charge on any atom is -0.375 e. The SMILES string of the molecule is CC(Nc1ccc([N+](=O)[O-])cc1)C(=O)c1ccc(Br)cc1. The summed E-state index contributed by atoms with van der Waals surface area (Å²) < 4.78 is 0.912. The molecule has 1 unspecified atom stereocenters. The molecule has 108 valence electrons. The summed E-state index contributed by atoms with van der Waals surface area (Å²) >= 11 is 3.32. The van der Waals surface area contributed by atoms with Crippen molar-refractivity contribution in [3.63, 3.8) is 0 Å². The van der Waals surface area contributed by atoms with Crippen LogP contribution >= 0.6 is 15.9 Å². The first-order chi connectivity index (χ1) is 9.97. The molecule has 21 heavy (non-hydrogen) atoms. The lowest BCUT2D eigenvalue weighted by molar-refractivity contribution is -0.384. The number of anilines is 1. The van der Waals surface area contributed by atoms with E-state index in [4.69, 9.17) is 0 Å². The van der Waals surface area contributed by atoms with E-state index < -0.39 is 11.0 Å². The number of nitro benzene ring substituents is 1. The highest BCUT2D eigenvalue weighted by atomic mass is 79.9. The first-order valence-corrected chi connectivity index (χ1v) is 7.07. The minimum absolute atomic E-state index is 0.0208. The van der Waals surface area contributed by atoms with Gasteiger partial charge in [-0.15, -0.1) is 0 Å². The Hall–Kier alpha value is -2.21. The number of hydrogen-bond donors (Lipinski definition) is 1. The van der Waals surface area contributed by atoms with Crippen LogP contribution in [0.1, 0.15) is 17.3 Å². The summed E-state index contributed by atoms with van der Waals surface area (Å²) in [6.45, 7) is 1.76. The average Bonchev–Trinajstić information content (AvgIpc) is 2.47. The van der Waals surface area contributed by atoms with Gasteiger partial charge in [-0.2, -0.15) is 0 Å². The van der Waals surface area contributed by atoms with E-state index in [2.05, 4.69) is 21.2 Å². The van der Waals surface area contributed by atoms with Crippen molar-refractivity contribution >= 4 is 33.1 Å². The van der Waals surface area contributed by atoms with Gasteiger partial charge in [0.2, 0.25) is 0 Å². The Balaban J connectivity index is 2.06. The summed E-state index contributed by atoms with van der Waals surface area (Å²) in [7, 11) is 0. The molecule has 0 amide bonds. The van der Waals surface area contributed by atoms with Gasteiger partial charge in [0.1, 0.15) is 0 Å². The van der Waals surface area contributed by atoms with Crippen molar-refractivity contribution in [1.82, 2.24) is 0 Å². The van der Waals surface area contributed by atoms with Crippen molar-refractivity contribution in [2.24, 2.45) is 0 Å². The zero-order valence-corrected chi connectivity index (χ0v) is 12.8. The molecule has 0 aliphatic heterocycles. The van der Waals surface area contributed by atoms with Crippen LogP contribution in [0.3, 0.4) is 0 Å². The fourth-order valence-corrected chi connectivity index (χ4v) is 2.12. The van der Waals surface area contributed by atoms with Gasteiger partial charge in [0.25, 0.3) is 5.69 Å². The second-order valence-corrected chi connectivity index (χ2v) is 5.46. The summed E-state index contributed by atoms with van der Waals surface area (Å²) in [4.78, 5) is 22.4. The molecule has 5 nitrogen and oxygen atoms in total. The molecule has 0 aliphatic rings. The van der Waals surface area contributed by atoms with Gasteiger partial charge >= 0.3 is 0 Å². The monoisotopic (exact) mass is 348 g/mol. The van der Waals surface area contributed by atoms with Crippen LogP contribution in [-0.2, 0) is 0 Å². The fourth-order valence-electron chi connectivity index (χ4n) is 1.86. The summed E-state index contributed by atoms with van der Waals surface area (Å²) in [6, 6.07) is 12.7. The maximum absolute atomic E-state index is 12.2. The Labute approximate surface area is 130 Å². The molecule has 0 aliphatic carbocycles. The second kappa shape index (κ2) is 6.49.